The Morgan fingerprint density at radius 2 is 1.86 bits per heavy atom. The van der Waals surface area contributed by atoms with Gasteiger partial charge in [0.25, 0.3) is 11.1 Å². The largest absolute Gasteiger partial charge is 0.493 e. The van der Waals surface area contributed by atoms with E-state index in [2.05, 4.69) is 5.32 Å². The minimum Gasteiger partial charge on any atom is -0.493 e. The third kappa shape index (κ3) is 4.12. The number of carbonyl (C=O) groups excluding carboxylic acids is 3. The highest BCUT2D eigenvalue weighted by molar-refractivity contribution is 8.14. The van der Waals surface area contributed by atoms with Crippen molar-refractivity contribution in [2.24, 2.45) is 0 Å². The second-order valence-electron chi connectivity index (χ2n) is 6.21. The van der Waals surface area contributed by atoms with Gasteiger partial charge in [-0.15, -0.1) is 0 Å². The summed E-state index contributed by atoms with van der Waals surface area (Å²) < 4.78 is 10.5. The molecule has 1 fully saturated rings. The molecule has 146 valence electrons. The first-order valence-corrected chi connectivity index (χ1v) is 9.51. The van der Waals surface area contributed by atoms with E-state index in [0.717, 1.165) is 17.3 Å². The number of hydrogen-bond donors (Lipinski definition) is 1. The van der Waals surface area contributed by atoms with E-state index < -0.39 is 0 Å². The van der Waals surface area contributed by atoms with E-state index in [1.165, 1.54) is 12.0 Å². The Bertz CT molecular complexity index is 928. The molecular formula is C20H20N2O5S. The van der Waals surface area contributed by atoms with Crippen LogP contribution in [0.15, 0.2) is 36.4 Å². The summed E-state index contributed by atoms with van der Waals surface area (Å²) in [6.07, 6.45) is 0. The Kier molecular flexibility index (Phi) is 5.89. The van der Waals surface area contributed by atoms with E-state index in [1.807, 2.05) is 6.92 Å². The lowest BCUT2D eigenvalue weighted by atomic mass is 10.1. The lowest BCUT2D eigenvalue weighted by molar-refractivity contribution is -0.125. The smallest absolute Gasteiger partial charge is 0.289 e. The lowest BCUT2D eigenvalue weighted by Gasteiger charge is -2.15. The summed E-state index contributed by atoms with van der Waals surface area (Å²) >= 11 is 0.989. The summed E-state index contributed by atoms with van der Waals surface area (Å²) in [4.78, 5) is 37.4. The molecule has 2 aromatic rings. The maximum atomic E-state index is 12.7. The van der Waals surface area contributed by atoms with Gasteiger partial charge in [0.05, 0.1) is 26.5 Å². The first kappa shape index (κ1) is 19.8. The molecule has 3 rings (SSSR count). The third-order valence-corrected chi connectivity index (χ3v) is 5.21. The minimum absolute atomic E-state index is 0.154. The number of ether oxygens (including phenoxy) is 2. The predicted octanol–water partition coefficient (Wildman–Crippen LogP) is 3.46. The predicted molar refractivity (Wildman–Crippen MR) is 107 cm³/mol. The quantitative estimate of drug-likeness (QED) is 0.799. The van der Waals surface area contributed by atoms with Crippen LogP contribution in [0.2, 0.25) is 0 Å². The van der Waals surface area contributed by atoms with Crippen molar-refractivity contribution in [3.63, 3.8) is 0 Å². The Morgan fingerprint density at radius 3 is 2.50 bits per heavy atom. The van der Waals surface area contributed by atoms with Crippen molar-refractivity contribution >= 4 is 34.5 Å². The molecule has 8 heteroatoms. The molecule has 0 radical (unpaired) electrons. The van der Waals surface area contributed by atoms with Crippen molar-refractivity contribution < 1.29 is 23.9 Å². The maximum absolute atomic E-state index is 12.7. The zero-order chi connectivity index (χ0) is 20.3. The molecule has 0 bridgehead atoms. The molecule has 1 N–H and O–H groups in total. The number of benzene rings is 2. The molecule has 0 aliphatic carbocycles. The van der Waals surface area contributed by atoms with E-state index in [-0.39, 0.29) is 29.4 Å². The van der Waals surface area contributed by atoms with Gasteiger partial charge in [0.2, 0.25) is 5.91 Å². The highest BCUT2D eigenvalue weighted by Crippen LogP contribution is 2.33. The standard InChI is InChI=1S/C20H20N2O5S/c1-12-7-16(26-2)17(27-3)9-15(12)21-19(24)14-6-4-5-13(8-14)10-22-18(23)11-28-20(22)25/h4-9H,10-11H2,1-3H3,(H,21,24). The molecule has 1 heterocycles. The highest BCUT2D eigenvalue weighted by atomic mass is 32.2. The molecule has 0 unspecified atom stereocenters. The molecule has 3 amide bonds. The van der Waals surface area contributed by atoms with Crippen molar-refractivity contribution in [3.05, 3.63) is 53.1 Å². The number of methoxy groups -OCH3 is 2. The van der Waals surface area contributed by atoms with Gasteiger partial charge in [-0.25, -0.2) is 0 Å². The van der Waals surface area contributed by atoms with Gasteiger partial charge in [0.1, 0.15) is 0 Å². The number of nitrogens with one attached hydrogen (secondary N) is 1. The van der Waals surface area contributed by atoms with Gasteiger partial charge in [-0.1, -0.05) is 23.9 Å². The number of carbonyl (C=O) groups is 3. The normalized spacial score (nSPS) is 13.6. The number of thioether (sulfide) groups is 1. The Hall–Kier alpha value is -3.00. The van der Waals surface area contributed by atoms with Crippen LogP contribution >= 0.6 is 11.8 Å². The molecule has 1 aliphatic rings. The second-order valence-corrected chi connectivity index (χ2v) is 7.14. The van der Waals surface area contributed by atoms with E-state index in [0.29, 0.717) is 28.3 Å². The number of imide groups is 1. The fraction of sp³-hybridized carbons (Fsp3) is 0.250. The zero-order valence-corrected chi connectivity index (χ0v) is 16.6. The maximum Gasteiger partial charge on any atom is 0.289 e. The number of rotatable bonds is 6. The summed E-state index contributed by atoms with van der Waals surface area (Å²) in [7, 11) is 3.08. The van der Waals surface area contributed by atoms with Crippen molar-refractivity contribution in [3.8, 4) is 11.5 Å². The topological polar surface area (TPSA) is 84.9 Å². The Labute approximate surface area is 167 Å². The van der Waals surface area contributed by atoms with E-state index in [9.17, 15) is 14.4 Å². The van der Waals surface area contributed by atoms with Crippen LogP contribution in [0.3, 0.4) is 0 Å². The van der Waals surface area contributed by atoms with Crippen LogP contribution in [-0.4, -0.2) is 41.9 Å². The van der Waals surface area contributed by atoms with Crippen LogP contribution < -0.4 is 14.8 Å². The van der Waals surface area contributed by atoms with Gasteiger partial charge >= 0.3 is 0 Å². The lowest BCUT2D eigenvalue weighted by Crippen LogP contribution is -2.28. The summed E-state index contributed by atoms with van der Waals surface area (Å²) in [5.74, 6) is 0.743. The van der Waals surface area contributed by atoms with Gasteiger partial charge < -0.3 is 14.8 Å². The van der Waals surface area contributed by atoms with Crippen molar-refractivity contribution in [2.45, 2.75) is 13.5 Å². The molecule has 28 heavy (non-hydrogen) atoms. The average molecular weight is 400 g/mol. The van der Waals surface area contributed by atoms with Crippen molar-refractivity contribution in [1.82, 2.24) is 4.90 Å². The molecule has 2 aromatic carbocycles. The number of anilines is 1. The number of nitrogens with zero attached hydrogens (tertiary/aromatic N) is 1. The zero-order valence-electron chi connectivity index (χ0n) is 15.8. The van der Waals surface area contributed by atoms with Crippen LogP contribution in [0, 0.1) is 6.92 Å². The van der Waals surface area contributed by atoms with E-state index in [4.69, 9.17) is 9.47 Å². The van der Waals surface area contributed by atoms with Crippen LogP contribution in [0.4, 0.5) is 10.5 Å². The summed E-state index contributed by atoms with van der Waals surface area (Å²) in [6, 6.07) is 10.3. The Morgan fingerprint density at radius 1 is 1.14 bits per heavy atom. The molecule has 0 saturated carbocycles. The number of hydrogen-bond acceptors (Lipinski definition) is 6. The first-order chi connectivity index (χ1) is 13.4. The fourth-order valence-corrected chi connectivity index (χ4v) is 3.56. The molecule has 1 saturated heterocycles. The monoisotopic (exact) mass is 400 g/mol. The van der Waals surface area contributed by atoms with Gasteiger partial charge in [0.15, 0.2) is 11.5 Å². The Balaban J connectivity index is 1.78. The molecule has 7 nitrogen and oxygen atoms in total. The molecule has 0 atom stereocenters. The molecule has 0 aromatic heterocycles. The summed E-state index contributed by atoms with van der Waals surface area (Å²) in [5.41, 5.74) is 2.57. The van der Waals surface area contributed by atoms with Crippen LogP contribution in [0.25, 0.3) is 0 Å². The molecule has 1 aliphatic heterocycles. The first-order valence-electron chi connectivity index (χ1n) is 8.53. The summed E-state index contributed by atoms with van der Waals surface area (Å²) in [5, 5.41) is 2.60. The van der Waals surface area contributed by atoms with Crippen LogP contribution in [-0.2, 0) is 11.3 Å². The van der Waals surface area contributed by atoms with Crippen LogP contribution in [0.1, 0.15) is 21.5 Å². The minimum atomic E-state index is -0.300. The van der Waals surface area contributed by atoms with Crippen molar-refractivity contribution in [2.75, 3.05) is 25.3 Å². The van der Waals surface area contributed by atoms with Gasteiger partial charge in [-0.3, -0.25) is 19.3 Å². The average Bonchev–Trinajstić information content (AvgIpc) is 3.01. The molecule has 0 spiro atoms. The van der Waals surface area contributed by atoms with Gasteiger partial charge in [0, 0.05) is 17.3 Å². The summed E-state index contributed by atoms with van der Waals surface area (Å²) in [6.45, 7) is 2.01. The van der Waals surface area contributed by atoms with Gasteiger partial charge in [-0.2, -0.15) is 0 Å². The molecular weight excluding hydrogens is 380 g/mol. The number of amides is 3. The van der Waals surface area contributed by atoms with Crippen molar-refractivity contribution in [1.29, 1.82) is 0 Å². The highest BCUT2D eigenvalue weighted by Gasteiger charge is 2.29. The van der Waals surface area contributed by atoms with Gasteiger partial charge in [-0.05, 0) is 36.2 Å². The van der Waals surface area contributed by atoms with E-state index >= 15 is 0 Å². The fourth-order valence-electron chi connectivity index (χ4n) is 2.84. The second kappa shape index (κ2) is 8.35. The van der Waals surface area contributed by atoms with Crippen LogP contribution in [0.5, 0.6) is 11.5 Å². The SMILES string of the molecule is COc1cc(C)c(NC(=O)c2cccc(CN3C(=O)CSC3=O)c2)cc1OC. The van der Waals surface area contributed by atoms with E-state index in [1.54, 1.807) is 43.5 Å². The number of aryl methyl sites for hydroxylation is 1. The third-order valence-electron chi connectivity index (χ3n) is 4.35.